The lowest BCUT2D eigenvalue weighted by Crippen LogP contribution is -2.33. The number of alkyl halides is 6. The zero-order chi connectivity index (χ0) is 28.2. The van der Waals surface area contributed by atoms with Gasteiger partial charge in [0.1, 0.15) is 11.7 Å². The molecule has 5 atom stereocenters. The Bertz CT molecular complexity index is 1210. The molecule has 4 rings (SSSR count). The number of rotatable bonds is 5. The predicted molar refractivity (Wildman–Crippen MR) is 119 cm³/mol. The molecule has 0 bridgehead atoms. The molecule has 0 radical (unpaired) electrons. The number of carbonyl (C=O) groups is 2. The molecule has 206 valence electrons. The van der Waals surface area contributed by atoms with Crippen LogP contribution in [0.5, 0.6) is 0 Å². The summed E-state index contributed by atoms with van der Waals surface area (Å²) in [5.41, 5.74) is -2.16. The summed E-state index contributed by atoms with van der Waals surface area (Å²) in [5, 5.41) is 0. The number of benzene rings is 2. The van der Waals surface area contributed by atoms with Gasteiger partial charge in [-0.15, -0.1) is 0 Å². The van der Waals surface area contributed by atoms with Crippen molar-refractivity contribution in [3.63, 3.8) is 0 Å². The SMILES string of the molecule is COC(=O)C1C[C@H]2[C@H](c3ccc(F)cc3C)[C@@H](O[C@H](C)c3cc(C(F)(F)F)cc(C(F)(F)F)c3)CN2C1=O. The highest BCUT2D eigenvalue weighted by Crippen LogP contribution is 2.46. The maximum absolute atomic E-state index is 13.8. The molecular formula is C26H24F7NO4. The molecule has 2 aliphatic heterocycles. The fourth-order valence-electron chi connectivity index (χ4n) is 5.40. The molecule has 38 heavy (non-hydrogen) atoms. The van der Waals surface area contributed by atoms with Crippen molar-refractivity contribution in [2.45, 2.75) is 56.8 Å². The van der Waals surface area contributed by atoms with Gasteiger partial charge in [0.05, 0.1) is 30.4 Å². The Hall–Kier alpha value is -3.15. The first-order chi connectivity index (χ1) is 17.6. The van der Waals surface area contributed by atoms with Crippen molar-refractivity contribution < 1.29 is 49.8 Å². The van der Waals surface area contributed by atoms with Gasteiger partial charge in [-0.3, -0.25) is 9.59 Å². The van der Waals surface area contributed by atoms with Crippen LogP contribution in [-0.2, 0) is 31.4 Å². The van der Waals surface area contributed by atoms with Crippen molar-refractivity contribution in [3.05, 3.63) is 70.0 Å². The lowest BCUT2D eigenvalue weighted by atomic mass is 9.84. The van der Waals surface area contributed by atoms with Gasteiger partial charge < -0.3 is 14.4 Å². The normalized spacial score (nSPS) is 24.5. The smallest absolute Gasteiger partial charge is 0.416 e. The predicted octanol–water partition coefficient (Wildman–Crippen LogP) is 5.81. The van der Waals surface area contributed by atoms with Crippen LogP contribution in [0.3, 0.4) is 0 Å². The summed E-state index contributed by atoms with van der Waals surface area (Å²) >= 11 is 0. The van der Waals surface area contributed by atoms with E-state index in [9.17, 15) is 40.3 Å². The first-order valence-electron chi connectivity index (χ1n) is 11.7. The highest BCUT2D eigenvalue weighted by molar-refractivity contribution is 6.00. The largest absolute Gasteiger partial charge is 0.468 e. The Morgan fingerprint density at radius 3 is 2.16 bits per heavy atom. The summed E-state index contributed by atoms with van der Waals surface area (Å²) in [4.78, 5) is 26.5. The van der Waals surface area contributed by atoms with Crippen LogP contribution in [0.15, 0.2) is 36.4 Å². The fourth-order valence-corrected chi connectivity index (χ4v) is 5.40. The third kappa shape index (κ3) is 5.23. The maximum atomic E-state index is 13.8. The average molecular weight is 547 g/mol. The van der Waals surface area contributed by atoms with Crippen molar-refractivity contribution in [3.8, 4) is 0 Å². The molecule has 2 aromatic rings. The second-order valence-electron chi connectivity index (χ2n) is 9.55. The zero-order valence-electron chi connectivity index (χ0n) is 20.5. The molecule has 2 aliphatic rings. The van der Waals surface area contributed by atoms with E-state index in [0.29, 0.717) is 23.3 Å². The third-order valence-corrected chi connectivity index (χ3v) is 7.19. The number of ether oxygens (including phenoxy) is 2. The van der Waals surface area contributed by atoms with Crippen molar-refractivity contribution in [1.29, 1.82) is 0 Å². The molecule has 1 amide bonds. The minimum atomic E-state index is -5.02. The number of carbonyl (C=O) groups excluding carboxylic acids is 2. The van der Waals surface area contributed by atoms with Crippen molar-refractivity contribution >= 4 is 11.9 Å². The molecule has 0 aliphatic carbocycles. The Morgan fingerprint density at radius 2 is 1.63 bits per heavy atom. The van der Waals surface area contributed by atoms with Gasteiger partial charge in [-0.25, -0.2) is 4.39 Å². The monoisotopic (exact) mass is 547 g/mol. The van der Waals surface area contributed by atoms with Gasteiger partial charge in [0.25, 0.3) is 0 Å². The third-order valence-electron chi connectivity index (χ3n) is 7.19. The number of aryl methyl sites for hydroxylation is 1. The van der Waals surface area contributed by atoms with E-state index in [1.54, 1.807) is 6.92 Å². The summed E-state index contributed by atoms with van der Waals surface area (Å²) in [6.07, 6.45) is -12.0. The summed E-state index contributed by atoms with van der Waals surface area (Å²) in [6.45, 7) is 2.90. The van der Waals surface area contributed by atoms with Crippen LogP contribution in [0.1, 0.15) is 53.2 Å². The van der Waals surface area contributed by atoms with Crippen LogP contribution in [0.25, 0.3) is 0 Å². The van der Waals surface area contributed by atoms with Gasteiger partial charge in [0, 0.05) is 18.5 Å². The molecule has 2 heterocycles. The summed E-state index contributed by atoms with van der Waals surface area (Å²) in [6, 6.07) is 4.66. The van der Waals surface area contributed by atoms with Crippen LogP contribution in [0, 0.1) is 18.7 Å². The quantitative estimate of drug-likeness (QED) is 0.270. The molecule has 0 saturated carbocycles. The van der Waals surface area contributed by atoms with E-state index in [4.69, 9.17) is 9.47 Å². The van der Waals surface area contributed by atoms with Crippen LogP contribution < -0.4 is 0 Å². The van der Waals surface area contributed by atoms with Crippen LogP contribution in [-0.4, -0.2) is 42.6 Å². The summed E-state index contributed by atoms with van der Waals surface area (Å²) in [5.74, 6) is -3.41. The summed E-state index contributed by atoms with van der Waals surface area (Å²) in [7, 11) is 1.15. The molecule has 2 saturated heterocycles. The van der Waals surface area contributed by atoms with Gasteiger partial charge in [-0.05, 0) is 67.3 Å². The lowest BCUT2D eigenvalue weighted by Gasteiger charge is -2.28. The van der Waals surface area contributed by atoms with E-state index >= 15 is 0 Å². The molecule has 2 aromatic carbocycles. The minimum absolute atomic E-state index is 0.0399. The van der Waals surface area contributed by atoms with E-state index in [0.717, 1.165) is 7.11 Å². The van der Waals surface area contributed by atoms with Gasteiger partial charge in [0.2, 0.25) is 5.91 Å². The van der Waals surface area contributed by atoms with E-state index in [2.05, 4.69) is 0 Å². The Labute approximate surface area is 213 Å². The first-order valence-corrected chi connectivity index (χ1v) is 11.7. The molecule has 5 nitrogen and oxygen atoms in total. The number of esters is 1. The Kier molecular flexibility index (Phi) is 7.24. The Morgan fingerprint density at radius 1 is 1.03 bits per heavy atom. The number of methoxy groups -OCH3 is 1. The second kappa shape index (κ2) is 9.87. The summed E-state index contributed by atoms with van der Waals surface area (Å²) < 4.78 is 105. The van der Waals surface area contributed by atoms with Gasteiger partial charge in [-0.2, -0.15) is 26.3 Å². The van der Waals surface area contributed by atoms with Crippen LogP contribution in [0.2, 0.25) is 0 Å². The molecule has 1 unspecified atom stereocenters. The van der Waals surface area contributed by atoms with E-state index in [-0.39, 0.29) is 24.6 Å². The molecule has 0 aromatic heterocycles. The number of hydrogen-bond donors (Lipinski definition) is 0. The maximum Gasteiger partial charge on any atom is 0.416 e. The number of halogens is 7. The molecule has 0 N–H and O–H groups in total. The first kappa shape index (κ1) is 27.9. The minimum Gasteiger partial charge on any atom is -0.468 e. The number of hydrogen-bond acceptors (Lipinski definition) is 4. The zero-order valence-corrected chi connectivity index (χ0v) is 20.5. The standard InChI is InChI=1S/C26H24F7NO4/c1-12-6-17(27)4-5-18(12)22-20-10-19(24(36)37-3)23(35)34(20)11-21(22)38-13(2)14-7-15(25(28,29)30)9-16(8-14)26(31,32)33/h4-9,13,19-22H,10-11H2,1-3H3/t13-,19?,20+,21+,22+/m1/s1. The molecule has 2 fully saturated rings. The van der Waals surface area contributed by atoms with E-state index in [1.165, 1.54) is 30.0 Å². The molecule has 12 heteroatoms. The van der Waals surface area contributed by atoms with Gasteiger partial charge in [0.15, 0.2) is 0 Å². The molecular weight excluding hydrogens is 523 g/mol. The fraction of sp³-hybridized carbons (Fsp3) is 0.462. The van der Waals surface area contributed by atoms with Crippen molar-refractivity contribution in [1.82, 2.24) is 4.90 Å². The highest BCUT2D eigenvalue weighted by Gasteiger charge is 2.55. The van der Waals surface area contributed by atoms with Gasteiger partial charge in [-0.1, -0.05) is 6.07 Å². The van der Waals surface area contributed by atoms with Crippen LogP contribution >= 0.6 is 0 Å². The second-order valence-corrected chi connectivity index (χ2v) is 9.55. The number of nitrogens with zero attached hydrogens (tertiary/aromatic N) is 1. The van der Waals surface area contributed by atoms with Crippen LogP contribution in [0.4, 0.5) is 30.7 Å². The van der Waals surface area contributed by atoms with E-state index < -0.39 is 71.3 Å². The topological polar surface area (TPSA) is 55.8 Å². The Balaban J connectivity index is 1.70. The average Bonchev–Trinajstić information content (AvgIpc) is 3.33. The lowest BCUT2D eigenvalue weighted by molar-refractivity contribution is -0.151. The van der Waals surface area contributed by atoms with E-state index in [1.807, 2.05) is 0 Å². The molecule has 0 spiro atoms. The number of fused-ring (bicyclic) bond motifs is 1. The highest BCUT2D eigenvalue weighted by atomic mass is 19.4. The van der Waals surface area contributed by atoms with Crippen molar-refractivity contribution in [2.75, 3.05) is 13.7 Å². The number of amides is 1. The van der Waals surface area contributed by atoms with Gasteiger partial charge >= 0.3 is 18.3 Å². The van der Waals surface area contributed by atoms with Crippen molar-refractivity contribution in [2.24, 2.45) is 5.92 Å².